The van der Waals surface area contributed by atoms with E-state index in [1.165, 1.54) is 44.8 Å². The van der Waals surface area contributed by atoms with Crippen molar-refractivity contribution < 1.29 is 41.8 Å². The first-order valence-corrected chi connectivity index (χ1v) is 15.9. The van der Waals surface area contributed by atoms with Gasteiger partial charge < -0.3 is 29.3 Å². The van der Waals surface area contributed by atoms with E-state index >= 15 is 0 Å². The molecule has 0 bridgehead atoms. The summed E-state index contributed by atoms with van der Waals surface area (Å²) < 4.78 is 43.0. The Morgan fingerprint density at radius 1 is 0.833 bits per heavy atom. The minimum absolute atomic E-state index is 0.0153. The third kappa shape index (κ3) is 6.68. The van der Waals surface area contributed by atoms with E-state index in [-0.39, 0.29) is 68.6 Å². The first kappa shape index (κ1) is 31.3. The van der Waals surface area contributed by atoms with Crippen molar-refractivity contribution in [1.82, 2.24) is 14.1 Å². The van der Waals surface area contributed by atoms with Gasteiger partial charge in [-0.2, -0.15) is 4.31 Å². The monoisotopic (exact) mass is 622 g/mol. The zero-order chi connectivity index (χ0) is 30.4. The highest BCUT2D eigenvalue weighted by atomic mass is 32.2. The topological polar surface area (TPSA) is 152 Å². The molecular formula is C27H34N4O9S2. The maximum absolute atomic E-state index is 13.2. The fourth-order valence-electron chi connectivity index (χ4n) is 4.71. The molecule has 0 aliphatic carbocycles. The second-order valence-electron chi connectivity index (χ2n) is 9.37. The Morgan fingerprint density at radius 3 is 2.02 bits per heavy atom. The molecule has 13 nitrogen and oxygen atoms in total. The number of rotatable bonds is 8. The second-order valence-corrected chi connectivity index (χ2v) is 12.4. The van der Waals surface area contributed by atoms with Crippen molar-refractivity contribution in [2.24, 2.45) is 0 Å². The number of piperazine rings is 1. The van der Waals surface area contributed by atoms with Gasteiger partial charge in [0.2, 0.25) is 10.0 Å². The Balaban J connectivity index is 1.48. The molecular weight excluding hydrogens is 588 g/mol. The van der Waals surface area contributed by atoms with Crippen LogP contribution in [0.4, 0.5) is 14.6 Å². The van der Waals surface area contributed by atoms with Crippen molar-refractivity contribution in [3.05, 3.63) is 45.8 Å². The van der Waals surface area contributed by atoms with Crippen LogP contribution in [0.25, 0.3) is 0 Å². The predicted molar refractivity (Wildman–Crippen MR) is 153 cm³/mol. The molecule has 1 fully saturated rings. The molecule has 3 amide bonds. The lowest BCUT2D eigenvalue weighted by molar-refractivity contribution is 0.0526. The largest absolute Gasteiger partial charge is 0.462 e. The van der Waals surface area contributed by atoms with Crippen LogP contribution >= 0.6 is 11.3 Å². The van der Waals surface area contributed by atoms with Gasteiger partial charge in [0.25, 0.3) is 5.91 Å². The number of esters is 1. The number of fused-ring (bicyclic) bond motifs is 1. The van der Waals surface area contributed by atoms with Gasteiger partial charge in [-0.25, -0.2) is 22.8 Å². The molecule has 3 heterocycles. The molecule has 4 rings (SSSR count). The van der Waals surface area contributed by atoms with E-state index in [0.717, 1.165) is 10.4 Å². The van der Waals surface area contributed by atoms with Gasteiger partial charge in [0.05, 0.1) is 36.8 Å². The van der Waals surface area contributed by atoms with E-state index < -0.39 is 34.1 Å². The zero-order valence-electron chi connectivity index (χ0n) is 23.7. The Labute approximate surface area is 248 Å². The van der Waals surface area contributed by atoms with Gasteiger partial charge >= 0.3 is 18.2 Å². The average molecular weight is 623 g/mol. The molecule has 1 aromatic carbocycles. The van der Waals surface area contributed by atoms with Crippen LogP contribution in [-0.2, 0) is 37.2 Å². The molecule has 42 heavy (non-hydrogen) atoms. The molecule has 228 valence electrons. The van der Waals surface area contributed by atoms with E-state index in [1.807, 2.05) is 0 Å². The molecule has 2 aliphatic heterocycles. The van der Waals surface area contributed by atoms with Crippen molar-refractivity contribution in [3.8, 4) is 0 Å². The lowest BCUT2D eigenvalue weighted by Crippen LogP contribution is -2.50. The van der Waals surface area contributed by atoms with Crippen molar-refractivity contribution in [2.45, 2.75) is 38.6 Å². The van der Waals surface area contributed by atoms with Crippen molar-refractivity contribution in [3.63, 3.8) is 0 Å². The van der Waals surface area contributed by atoms with Crippen molar-refractivity contribution in [2.75, 3.05) is 57.9 Å². The molecule has 1 aromatic heterocycles. The summed E-state index contributed by atoms with van der Waals surface area (Å²) in [4.78, 5) is 54.0. The first-order valence-electron chi connectivity index (χ1n) is 13.7. The van der Waals surface area contributed by atoms with Crippen LogP contribution in [0.15, 0.2) is 29.2 Å². The first-order chi connectivity index (χ1) is 20.1. The Bertz CT molecular complexity index is 1430. The van der Waals surface area contributed by atoms with Crippen molar-refractivity contribution in [1.29, 1.82) is 0 Å². The number of thiophene rings is 1. The third-order valence-corrected chi connectivity index (χ3v) is 9.85. The molecule has 15 heteroatoms. The number of hydrogen-bond acceptors (Lipinski definition) is 10. The van der Waals surface area contributed by atoms with Gasteiger partial charge in [0.15, 0.2) is 0 Å². The van der Waals surface area contributed by atoms with Crippen LogP contribution in [0.1, 0.15) is 51.9 Å². The Hall–Kier alpha value is -3.69. The fraction of sp³-hybridized carbons (Fsp3) is 0.481. The van der Waals surface area contributed by atoms with Gasteiger partial charge in [-0.15, -0.1) is 11.3 Å². The van der Waals surface area contributed by atoms with E-state index in [0.29, 0.717) is 18.0 Å². The summed E-state index contributed by atoms with van der Waals surface area (Å²) in [5, 5.41) is 3.07. The van der Waals surface area contributed by atoms with Crippen molar-refractivity contribution >= 4 is 50.4 Å². The highest BCUT2D eigenvalue weighted by Gasteiger charge is 2.33. The van der Waals surface area contributed by atoms with E-state index in [1.54, 1.807) is 25.7 Å². The van der Waals surface area contributed by atoms with Crippen LogP contribution in [0.5, 0.6) is 0 Å². The highest BCUT2D eigenvalue weighted by Crippen LogP contribution is 2.38. The molecule has 0 spiro atoms. The number of anilines is 1. The molecule has 0 saturated carbocycles. The number of hydrogen-bond donors (Lipinski definition) is 1. The van der Waals surface area contributed by atoms with E-state index in [4.69, 9.17) is 14.2 Å². The van der Waals surface area contributed by atoms with Crippen LogP contribution < -0.4 is 5.32 Å². The summed E-state index contributed by atoms with van der Waals surface area (Å²) in [6.45, 7) is 7.02. The molecule has 1 saturated heterocycles. The summed E-state index contributed by atoms with van der Waals surface area (Å²) in [5.41, 5.74) is 1.17. The quantitative estimate of drug-likeness (QED) is 0.346. The summed E-state index contributed by atoms with van der Waals surface area (Å²) in [7, 11) is -3.85. The number of nitrogens with zero attached hydrogens (tertiary/aromatic N) is 3. The number of sulfonamides is 1. The highest BCUT2D eigenvalue weighted by molar-refractivity contribution is 7.89. The van der Waals surface area contributed by atoms with E-state index in [9.17, 15) is 27.6 Å². The standard InChI is InChI=1S/C27H34N4O9S2/c1-4-38-25(33)22-20-11-12-30(27(35)40-6-3)17-21(20)41-24(22)28-23(32)18-7-9-19(10-8-18)42(36,37)31-15-13-29(14-16-31)26(34)39-5-2/h7-10H,4-6,11-17H2,1-3H3,(H,28,32). The van der Waals surface area contributed by atoms with Crippen LogP contribution in [0, 0.1) is 0 Å². The average Bonchev–Trinajstić information content (AvgIpc) is 3.34. The maximum atomic E-state index is 13.2. The Morgan fingerprint density at radius 2 is 1.43 bits per heavy atom. The number of carbonyl (C=O) groups excluding carboxylic acids is 4. The normalized spacial score (nSPS) is 15.5. The van der Waals surface area contributed by atoms with Gasteiger partial charge in [-0.3, -0.25) is 4.79 Å². The number of benzene rings is 1. The van der Waals surface area contributed by atoms with E-state index in [2.05, 4.69) is 5.32 Å². The van der Waals surface area contributed by atoms with Crippen LogP contribution in [-0.4, -0.2) is 99.1 Å². The van der Waals surface area contributed by atoms with Crippen LogP contribution in [0.3, 0.4) is 0 Å². The second kappa shape index (κ2) is 13.5. The summed E-state index contributed by atoms with van der Waals surface area (Å²) in [6, 6.07) is 5.50. The van der Waals surface area contributed by atoms with Gasteiger partial charge in [-0.05, 0) is 57.0 Å². The summed E-state index contributed by atoms with van der Waals surface area (Å²) in [5.74, 6) is -1.10. The van der Waals surface area contributed by atoms with Crippen LogP contribution in [0.2, 0.25) is 0 Å². The number of ether oxygens (including phenoxy) is 3. The van der Waals surface area contributed by atoms with Gasteiger partial charge in [0, 0.05) is 43.2 Å². The minimum Gasteiger partial charge on any atom is -0.462 e. The number of nitrogens with one attached hydrogen (secondary N) is 1. The lowest BCUT2D eigenvalue weighted by Gasteiger charge is -2.33. The zero-order valence-corrected chi connectivity index (χ0v) is 25.3. The minimum atomic E-state index is -3.85. The third-order valence-electron chi connectivity index (χ3n) is 6.81. The number of carbonyl (C=O) groups is 4. The SMILES string of the molecule is CCOC(=O)c1c(NC(=O)c2ccc(S(=O)(=O)N3CCN(C(=O)OCC)CC3)cc2)sc2c1CCN(C(=O)OCC)C2. The summed E-state index contributed by atoms with van der Waals surface area (Å²) >= 11 is 1.19. The molecule has 0 atom stereocenters. The lowest BCUT2D eigenvalue weighted by atomic mass is 10.0. The Kier molecular flexibility index (Phi) is 10.1. The number of amides is 3. The molecule has 0 radical (unpaired) electrons. The van der Waals surface area contributed by atoms with Gasteiger partial charge in [0.1, 0.15) is 5.00 Å². The molecule has 2 aromatic rings. The summed E-state index contributed by atoms with van der Waals surface area (Å²) in [6.07, 6.45) is -0.524. The predicted octanol–water partition coefficient (Wildman–Crippen LogP) is 3.15. The molecule has 1 N–H and O–H groups in total. The molecule has 2 aliphatic rings. The molecule has 0 unspecified atom stereocenters. The smallest absolute Gasteiger partial charge is 0.410 e. The van der Waals surface area contributed by atoms with Gasteiger partial charge in [-0.1, -0.05) is 0 Å². The fourth-order valence-corrected chi connectivity index (χ4v) is 7.38. The maximum Gasteiger partial charge on any atom is 0.410 e.